The number of ether oxygens (including phenoxy) is 1. The number of benzene rings is 2. The lowest BCUT2D eigenvalue weighted by Gasteiger charge is -2.38. The molecule has 160 valence electrons. The fourth-order valence-corrected chi connectivity index (χ4v) is 3.98. The van der Waals surface area contributed by atoms with Gasteiger partial charge in [-0.15, -0.1) is 0 Å². The predicted octanol–water partition coefficient (Wildman–Crippen LogP) is 3.43. The number of anilines is 1. The van der Waals surface area contributed by atoms with E-state index in [1.165, 1.54) is 7.11 Å². The summed E-state index contributed by atoms with van der Waals surface area (Å²) in [4.78, 5) is 29.2. The Hall–Kier alpha value is -2.41. The summed E-state index contributed by atoms with van der Waals surface area (Å²) in [6.45, 7) is 6.99. The summed E-state index contributed by atoms with van der Waals surface area (Å²) in [5.74, 6) is -0.364. The molecular formula is C23H28ClN3O3. The maximum Gasteiger partial charge on any atom is 0.327 e. The van der Waals surface area contributed by atoms with Crippen LogP contribution in [0.25, 0.3) is 0 Å². The van der Waals surface area contributed by atoms with Crippen molar-refractivity contribution in [2.45, 2.75) is 19.9 Å². The van der Waals surface area contributed by atoms with Crippen molar-refractivity contribution in [1.29, 1.82) is 0 Å². The van der Waals surface area contributed by atoms with Gasteiger partial charge in [0.1, 0.15) is 6.04 Å². The molecule has 0 aliphatic carbocycles. The predicted molar refractivity (Wildman–Crippen MR) is 119 cm³/mol. The molecule has 0 saturated carbocycles. The van der Waals surface area contributed by atoms with Crippen LogP contribution < -0.4 is 5.32 Å². The zero-order valence-corrected chi connectivity index (χ0v) is 18.4. The fraction of sp³-hybridized carbons (Fsp3) is 0.391. The summed E-state index contributed by atoms with van der Waals surface area (Å²) in [5, 5.41) is 3.55. The van der Waals surface area contributed by atoms with E-state index in [4.69, 9.17) is 16.3 Å². The number of rotatable bonds is 6. The summed E-state index contributed by atoms with van der Waals surface area (Å²) in [5.41, 5.74) is 3.82. The molecule has 7 heteroatoms. The summed E-state index contributed by atoms with van der Waals surface area (Å²) < 4.78 is 5.04. The van der Waals surface area contributed by atoms with Crippen molar-refractivity contribution in [2.75, 3.05) is 45.2 Å². The number of methoxy groups -OCH3 is 1. The molecule has 0 radical (unpaired) electrons. The zero-order chi connectivity index (χ0) is 21.7. The lowest BCUT2D eigenvalue weighted by Crippen LogP contribution is -2.51. The Labute approximate surface area is 182 Å². The third-order valence-electron chi connectivity index (χ3n) is 5.64. The first kappa shape index (κ1) is 22.3. The number of esters is 1. The van der Waals surface area contributed by atoms with Gasteiger partial charge < -0.3 is 10.1 Å². The topological polar surface area (TPSA) is 61.9 Å². The molecule has 1 N–H and O–H groups in total. The molecule has 0 aromatic heterocycles. The second kappa shape index (κ2) is 10.1. The Morgan fingerprint density at radius 3 is 2.43 bits per heavy atom. The number of amides is 1. The van der Waals surface area contributed by atoms with Gasteiger partial charge in [-0.3, -0.25) is 14.6 Å². The van der Waals surface area contributed by atoms with Crippen molar-refractivity contribution in [1.82, 2.24) is 9.80 Å². The molecular weight excluding hydrogens is 402 g/mol. The molecule has 1 aliphatic rings. The van der Waals surface area contributed by atoms with Gasteiger partial charge in [0, 0.05) is 36.9 Å². The van der Waals surface area contributed by atoms with E-state index in [9.17, 15) is 9.59 Å². The lowest BCUT2D eigenvalue weighted by atomic mass is 10.0. The van der Waals surface area contributed by atoms with Gasteiger partial charge >= 0.3 is 5.97 Å². The molecule has 1 amide bonds. The second-order valence-electron chi connectivity index (χ2n) is 7.55. The van der Waals surface area contributed by atoms with Crippen molar-refractivity contribution < 1.29 is 14.3 Å². The molecule has 30 heavy (non-hydrogen) atoms. The average Bonchev–Trinajstić information content (AvgIpc) is 2.74. The molecule has 1 heterocycles. The van der Waals surface area contributed by atoms with Crippen LogP contribution >= 0.6 is 11.6 Å². The minimum absolute atomic E-state index is 0.0345. The average molecular weight is 430 g/mol. The van der Waals surface area contributed by atoms with Crippen LogP contribution in [0.2, 0.25) is 5.02 Å². The number of aryl methyl sites for hydroxylation is 1. The molecule has 1 atom stereocenters. The van der Waals surface area contributed by atoms with E-state index in [-0.39, 0.29) is 11.9 Å². The summed E-state index contributed by atoms with van der Waals surface area (Å²) >= 11 is 6.34. The SMILES string of the molecule is COC(=O)C(c1ccccc1Cl)N1CCN(CC(=O)Nc2cccc(C)c2C)CC1. The van der Waals surface area contributed by atoms with Crippen molar-refractivity contribution >= 4 is 29.2 Å². The van der Waals surface area contributed by atoms with Crippen molar-refractivity contribution in [3.63, 3.8) is 0 Å². The molecule has 2 aromatic carbocycles. The molecule has 1 fully saturated rings. The van der Waals surface area contributed by atoms with E-state index >= 15 is 0 Å². The van der Waals surface area contributed by atoms with E-state index in [0.29, 0.717) is 37.7 Å². The highest BCUT2D eigenvalue weighted by Gasteiger charge is 2.32. The monoisotopic (exact) mass is 429 g/mol. The van der Waals surface area contributed by atoms with Crippen LogP contribution in [0.15, 0.2) is 42.5 Å². The van der Waals surface area contributed by atoms with E-state index in [1.807, 2.05) is 50.2 Å². The van der Waals surface area contributed by atoms with Crippen LogP contribution in [0.4, 0.5) is 5.69 Å². The Morgan fingerprint density at radius 1 is 1.07 bits per heavy atom. The van der Waals surface area contributed by atoms with Gasteiger partial charge in [0.2, 0.25) is 5.91 Å². The van der Waals surface area contributed by atoms with E-state index in [0.717, 1.165) is 22.4 Å². The number of piperazine rings is 1. The maximum atomic E-state index is 12.5. The minimum Gasteiger partial charge on any atom is -0.468 e. The fourth-order valence-electron chi connectivity index (χ4n) is 3.74. The first-order valence-corrected chi connectivity index (χ1v) is 10.4. The van der Waals surface area contributed by atoms with Crippen LogP contribution in [0.1, 0.15) is 22.7 Å². The summed E-state index contributed by atoms with van der Waals surface area (Å²) in [6, 6.07) is 12.7. The maximum absolute atomic E-state index is 12.5. The first-order valence-electron chi connectivity index (χ1n) is 10.1. The summed E-state index contributed by atoms with van der Waals surface area (Å²) in [6.07, 6.45) is 0. The third-order valence-corrected chi connectivity index (χ3v) is 5.99. The van der Waals surface area contributed by atoms with Gasteiger partial charge in [-0.1, -0.05) is 41.9 Å². The highest BCUT2D eigenvalue weighted by atomic mass is 35.5. The normalized spacial score (nSPS) is 16.1. The second-order valence-corrected chi connectivity index (χ2v) is 7.96. The van der Waals surface area contributed by atoms with E-state index in [2.05, 4.69) is 15.1 Å². The Bertz CT molecular complexity index is 910. The number of nitrogens with one attached hydrogen (secondary N) is 1. The van der Waals surface area contributed by atoms with Crippen molar-refractivity contribution in [3.05, 3.63) is 64.2 Å². The number of nitrogens with zero attached hydrogens (tertiary/aromatic N) is 2. The third kappa shape index (κ3) is 5.19. The quantitative estimate of drug-likeness (QED) is 0.713. The van der Waals surface area contributed by atoms with Crippen LogP contribution in [-0.4, -0.2) is 61.5 Å². The number of halogens is 1. The molecule has 0 bridgehead atoms. The van der Waals surface area contributed by atoms with Crippen LogP contribution in [0.3, 0.4) is 0 Å². The Morgan fingerprint density at radius 2 is 1.77 bits per heavy atom. The standard InChI is InChI=1S/C23H28ClN3O3/c1-16-7-6-10-20(17(16)2)25-21(28)15-26-11-13-27(14-12-26)22(23(29)30-3)18-8-4-5-9-19(18)24/h4-10,22H,11-15H2,1-3H3,(H,25,28). The molecule has 1 aliphatic heterocycles. The number of hydrogen-bond donors (Lipinski definition) is 1. The zero-order valence-electron chi connectivity index (χ0n) is 17.7. The molecule has 3 rings (SSSR count). The van der Waals surface area contributed by atoms with Crippen LogP contribution in [-0.2, 0) is 14.3 Å². The molecule has 1 unspecified atom stereocenters. The van der Waals surface area contributed by atoms with E-state index in [1.54, 1.807) is 6.07 Å². The van der Waals surface area contributed by atoms with Gasteiger partial charge in [-0.2, -0.15) is 0 Å². The smallest absolute Gasteiger partial charge is 0.327 e. The Balaban J connectivity index is 1.60. The highest BCUT2D eigenvalue weighted by Crippen LogP contribution is 2.29. The largest absolute Gasteiger partial charge is 0.468 e. The van der Waals surface area contributed by atoms with Gasteiger partial charge in [0.15, 0.2) is 0 Å². The van der Waals surface area contributed by atoms with Gasteiger partial charge in [-0.25, -0.2) is 4.79 Å². The summed E-state index contributed by atoms with van der Waals surface area (Å²) in [7, 11) is 1.39. The van der Waals surface area contributed by atoms with Gasteiger partial charge in [0.05, 0.1) is 13.7 Å². The van der Waals surface area contributed by atoms with Crippen molar-refractivity contribution in [3.8, 4) is 0 Å². The first-order chi connectivity index (χ1) is 14.4. The molecule has 2 aromatic rings. The van der Waals surface area contributed by atoms with E-state index < -0.39 is 6.04 Å². The number of hydrogen-bond acceptors (Lipinski definition) is 5. The highest BCUT2D eigenvalue weighted by molar-refractivity contribution is 6.31. The Kier molecular flexibility index (Phi) is 7.48. The molecule has 0 spiro atoms. The van der Waals surface area contributed by atoms with Gasteiger partial charge in [0.25, 0.3) is 0 Å². The minimum atomic E-state index is -0.547. The molecule has 6 nitrogen and oxygen atoms in total. The van der Waals surface area contributed by atoms with Crippen LogP contribution in [0, 0.1) is 13.8 Å². The van der Waals surface area contributed by atoms with Crippen molar-refractivity contribution in [2.24, 2.45) is 0 Å². The number of carbonyl (C=O) groups excluding carboxylic acids is 2. The lowest BCUT2D eigenvalue weighted by molar-refractivity contribution is -0.148. The molecule has 1 saturated heterocycles. The van der Waals surface area contributed by atoms with Gasteiger partial charge in [-0.05, 0) is 42.7 Å². The van der Waals surface area contributed by atoms with Crippen LogP contribution in [0.5, 0.6) is 0 Å². The number of carbonyl (C=O) groups is 2.